The van der Waals surface area contributed by atoms with E-state index in [0.717, 1.165) is 0 Å². The first-order valence-electron chi connectivity index (χ1n) is 6.44. The third-order valence-corrected chi connectivity index (χ3v) is 3.10. The third-order valence-electron chi connectivity index (χ3n) is 3.10. The lowest BCUT2D eigenvalue weighted by atomic mass is 9.85. The summed E-state index contributed by atoms with van der Waals surface area (Å²) >= 11 is 0. The molecule has 0 spiro atoms. The average molecular weight is 243 g/mol. The van der Waals surface area contributed by atoms with Gasteiger partial charge in [0.15, 0.2) is 0 Å². The highest BCUT2D eigenvalue weighted by molar-refractivity contribution is 5.68. The van der Waals surface area contributed by atoms with Gasteiger partial charge in [-0.05, 0) is 46.5 Å². The van der Waals surface area contributed by atoms with E-state index in [2.05, 4.69) is 0 Å². The molecule has 1 aliphatic rings. The van der Waals surface area contributed by atoms with Crippen LogP contribution in [0.15, 0.2) is 0 Å². The highest BCUT2D eigenvalue weighted by Crippen LogP contribution is 2.28. The van der Waals surface area contributed by atoms with Gasteiger partial charge in [-0.3, -0.25) is 0 Å². The van der Waals surface area contributed by atoms with Crippen molar-refractivity contribution in [3.63, 3.8) is 0 Å². The molecule has 100 valence electrons. The highest BCUT2D eigenvalue weighted by Gasteiger charge is 2.29. The fourth-order valence-corrected chi connectivity index (χ4v) is 1.81. The molecular formula is C13H25NO3. The normalized spacial score (nSPS) is 18.4. The molecule has 0 aromatic rings. The molecule has 0 aromatic heterocycles. The largest absolute Gasteiger partial charge is 0.444 e. The van der Waals surface area contributed by atoms with Crippen LogP contribution in [0, 0.1) is 5.92 Å². The second kappa shape index (κ2) is 5.71. The van der Waals surface area contributed by atoms with Crippen molar-refractivity contribution >= 4 is 6.09 Å². The molecule has 1 saturated carbocycles. The first-order valence-corrected chi connectivity index (χ1v) is 6.44. The SMILES string of the molecule is CC(CO)N(CC1CCC1)C(=O)OC(C)(C)C. The number of aliphatic hydroxyl groups is 1. The molecule has 0 saturated heterocycles. The Morgan fingerprint density at radius 2 is 2.06 bits per heavy atom. The molecule has 0 heterocycles. The second-order valence-corrected chi connectivity index (χ2v) is 5.96. The zero-order chi connectivity index (χ0) is 13.1. The lowest BCUT2D eigenvalue weighted by molar-refractivity contribution is 0.00423. The van der Waals surface area contributed by atoms with Crippen molar-refractivity contribution in [2.75, 3.05) is 13.2 Å². The van der Waals surface area contributed by atoms with Crippen molar-refractivity contribution in [2.24, 2.45) is 5.92 Å². The van der Waals surface area contributed by atoms with Crippen LogP contribution in [-0.2, 0) is 4.74 Å². The van der Waals surface area contributed by atoms with Gasteiger partial charge in [-0.2, -0.15) is 0 Å². The van der Waals surface area contributed by atoms with Crippen LogP contribution < -0.4 is 0 Å². The van der Waals surface area contributed by atoms with Gasteiger partial charge in [-0.25, -0.2) is 4.79 Å². The molecule has 1 N–H and O–H groups in total. The van der Waals surface area contributed by atoms with E-state index < -0.39 is 5.60 Å². The fourth-order valence-electron chi connectivity index (χ4n) is 1.81. The zero-order valence-electron chi connectivity index (χ0n) is 11.4. The van der Waals surface area contributed by atoms with E-state index in [-0.39, 0.29) is 18.7 Å². The van der Waals surface area contributed by atoms with E-state index in [9.17, 15) is 9.90 Å². The summed E-state index contributed by atoms with van der Waals surface area (Å²) in [6.07, 6.45) is 3.29. The molecule has 1 atom stereocenters. The van der Waals surface area contributed by atoms with Gasteiger partial charge in [-0.1, -0.05) is 6.42 Å². The standard InChI is InChI=1S/C13H25NO3/c1-10(9-15)14(8-11-6-5-7-11)12(16)17-13(2,3)4/h10-11,15H,5-9H2,1-4H3. The number of aliphatic hydroxyl groups excluding tert-OH is 1. The first-order chi connectivity index (χ1) is 7.83. The van der Waals surface area contributed by atoms with E-state index in [4.69, 9.17) is 4.74 Å². The van der Waals surface area contributed by atoms with Crippen molar-refractivity contribution < 1.29 is 14.6 Å². The Labute approximate surface area is 104 Å². The van der Waals surface area contributed by atoms with Crippen LogP contribution >= 0.6 is 0 Å². The summed E-state index contributed by atoms with van der Waals surface area (Å²) in [6, 6.07) is -0.176. The van der Waals surface area contributed by atoms with Crippen LogP contribution in [0.25, 0.3) is 0 Å². The summed E-state index contributed by atoms with van der Waals surface area (Å²) in [5.41, 5.74) is -0.482. The zero-order valence-corrected chi connectivity index (χ0v) is 11.4. The minimum Gasteiger partial charge on any atom is -0.444 e. The summed E-state index contributed by atoms with van der Waals surface area (Å²) in [5.74, 6) is 0.580. The number of hydrogen-bond donors (Lipinski definition) is 1. The summed E-state index contributed by atoms with van der Waals surface area (Å²) < 4.78 is 5.37. The average Bonchev–Trinajstić information content (AvgIpc) is 2.12. The second-order valence-electron chi connectivity index (χ2n) is 5.96. The fraction of sp³-hybridized carbons (Fsp3) is 0.923. The van der Waals surface area contributed by atoms with Gasteiger partial charge in [0.05, 0.1) is 12.6 Å². The quantitative estimate of drug-likeness (QED) is 0.825. The molecule has 1 rings (SSSR count). The predicted molar refractivity (Wildman–Crippen MR) is 66.8 cm³/mol. The minimum absolute atomic E-state index is 0.0219. The third kappa shape index (κ3) is 4.54. The van der Waals surface area contributed by atoms with E-state index in [0.29, 0.717) is 12.5 Å². The van der Waals surface area contributed by atoms with Crippen LogP contribution in [0.2, 0.25) is 0 Å². The van der Waals surface area contributed by atoms with Crippen molar-refractivity contribution in [3.8, 4) is 0 Å². The minimum atomic E-state index is -0.482. The van der Waals surface area contributed by atoms with Gasteiger partial charge in [0, 0.05) is 6.54 Å². The summed E-state index contributed by atoms with van der Waals surface area (Å²) in [6.45, 7) is 8.10. The van der Waals surface area contributed by atoms with Gasteiger partial charge >= 0.3 is 6.09 Å². The first kappa shape index (κ1) is 14.3. The molecular weight excluding hydrogens is 218 g/mol. The van der Waals surface area contributed by atoms with Crippen LogP contribution in [0.4, 0.5) is 4.79 Å². The van der Waals surface area contributed by atoms with Gasteiger partial charge < -0.3 is 14.7 Å². The van der Waals surface area contributed by atoms with Crippen molar-refractivity contribution in [3.05, 3.63) is 0 Å². The Hall–Kier alpha value is -0.770. The van der Waals surface area contributed by atoms with Gasteiger partial charge in [0.2, 0.25) is 0 Å². The molecule has 1 fully saturated rings. The van der Waals surface area contributed by atoms with Crippen molar-refractivity contribution in [1.82, 2.24) is 4.90 Å². The molecule has 0 radical (unpaired) electrons. The van der Waals surface area contributed by atoms with Gasteiger partial charge in [0.1, 0.15) is 5.60 Å². The number of nitrogens with zero attached hydrogens (tertiary/aromatic N) is 1. The monoisotopic (exact) mass is 243 g/mol. The highest BCUT2D eigenvalue weighted by atomic mass is 16.6. The van der Waals surface area contributed by atoms with E-state index in [1.54, 1.807) is 4.90 Å². The Balaban J connectivity index is 2.57. The molecule has 4 heteroatoms. The van der Waals surface area contributed by atoms with Crippen molar-refractivity contribution in [2.45, 2.75) is 58.6 Å². The maximum atomic E-state index is 12.0. The van der Waals surface area contributed by atoms with Crippen LogP contribution in [-0.4, -0.2) is 40.9 Å². The van der Waals surface area contributed by atoms with Crippen LogP contribution in [0.1, 0.15) is 47.0 Å². The molecule has 1 aliphatic carbocycles. The molecule has 0 aromatic carbocycles. The molecule has 1 unspecified atom stereocenters. The predicted octanol–water partition coefficient (Wildman–Crippen LogP) is 2.40. The lowest BCUT2D eigenvalue weighted by Crippen LogP contribution is -2.46. The number of ether oxygens (including phenoxy) is 1. The molecule has 17 heavy (non-hydrogen) atoms. The maximum Gasteiger partial charge on any atom is 0.410 e. The van der Waals surface area contributed by atoms with Gasteiger partial charge in [-0.15, -0.1) is 0 Å². The molecule has 4 nitrogen and oxygen atoms in total. The van der Waals surface area contributed by atoms with Gasteiger partial charge in [0.25, 0.3) is 0 Å². The number of rotatable bonds is 4. The molecule has 0 aliphatic heterocycles. The summed E-state index contributed by atoms with van der Waals surface area (Å²) in [7, 11) is 0. The van der Waals surface area contributed by atoms with E-state index in [1.807, 2.05) is 27.7 Å². The Bertz CT molecular complexity index is 256. The summed E-state index contributed by atoms with van der Waals surface area (Å²) in [5, 5.41) is 9.21. The lowest BCUT2D eigenvalue weighted by Gasteiger charge is -2.36. The topological polar surface area (TPSA) is 49.8 Å². The van der Waals surface area contributed by atoms with Crippen LogP contribution in [0.5, 0.6) is 0 Å². The van der Waals surface area contributed by atoms with Crippen molar-refractivity contribution in [1.29, 1.82) is 0 Å². The van der Waals surface area contributed by atoms with E-state index >= 15 is 0 Å². The summed E-state index contributed by atoms with van der Waals surface area (Å²) in [4.78, 5) is 13.7. The number of amides is 1. The Morgan fingerprint density at radius 1 is 1.47 bits per heavy atom. The maximum absolute atomic E-state index is 12.0. The number of carbonyl (C=O) groups excluding carboxylic acids is 1. The molecule has 1 amide bonds. The smallest absolute Gasteiger partial charge is 0.410 e. The molecule has 0 bridgehead atoms. The Kier molecular flexibility index (Phi) is 4.80. The number of hydrogen-bond acceptors (Lipinski definition) is 3. The Morgan fingerprint density at radius 3 is 2.41 bits per heavy atom. The number of carbonyl (C=O) groups is 1. The van der Waals surface area contributed by atoms with Crippen LogP contribution in [0.3, 0.4) is 0 Å². The van der Waals surface area contributed by atoms with E-state index in [1.165, 1.54) is 19.3 Å².